The summed E-state index contributed by atoms with van der Waals surface area (Å²) in [5.41, 5.74) is 0. The molecular weight excluding hydrogens is 330 g/mol. The van der Waals surface area contributed by atoms with Gasteiger partial charge in [-0.15, -0.1) is 0 Å². The van der Waals surface area contributed by atoms with Crippen LogP contribution in [0.25, 0.3) is 0 Å². The minimum Gasteiger partial charge on any atom is -0.481 e. The first-order chi connectivity index (χ1) is 11.3. The number of hydrogen-bond donors (Lipinski definition) is 2. The van der Waals surface area contributed by atoms with Gasteiger partial charge in [0.25, 0.3) is 0 Å². The third-order valence-electron chi connectivity index (χ3n) is 3.79. The van der Waals surface area contributed by atoms with E-state index in [0.717, 1.165) is 25.7 Å². The Bertz CT molecular complexity index is 462. The molecule has 7 heteroatoms. The van der Waals surface area contributed by atoms with E-state index in [-0.39, 0.29) is 19.1 Å². The first-order valence-corrected chi connectivity index (χ1v) is 10.6. The van der Waals surface area contributed by atoms with Gasteiger partial charge in [0.15, 0.2) is 0 Å². The molecule has 6 nitrogen and oxygen atoms in total. The second kappa shape index (κ2) is 13.4. The summed E-state index contributed by atoms with van der Waals surface area (Å²) in [5.74, 6) is -0.821. The van der Waals surface area contributed by atoms with E-state index < -0.39 is 16.0 Å². The summed E-state index contributed by atoms with van der Waals surface area (Å²) in [5, 5.41) is 18.4. The van der Waals surface area contributed by atoms with Crippen molar-refractivity contribution in [3.05, 3.63) is 12.2 Å². The molecule has 0 unspecified atom stereocenters. The van der Waals surface area contributed by atoms with Crippen molar-refractivity contribution in [3.8, 4) is 0 Å². The van der Waals surface area contributed by atoms with Gasteiger partial charge in [-0.1, -0.05) is 38.3 Å². The zero-order valence-electron chi connectivity index (χ0n) is 15.0. The van der Waals surface area contributed by atoms with Crippen LogP contribution < -0.4 is 0 Å². The van der Waals surface area contributed by atoms with Crippen molar-refractivity contribution in [2.24, 2.45) is 0 Å². The zero-order chi connectivity index (χ0) is 18.4. The van der Waals surface area contributed by atoms with E-state index in [9.17, 15) is 18.3 Å². The fraction of sp³-hybridized carbons (Fsp3) is 0.824. The lowest BCUT2D eigenvalue weighted by molar-refractivity contribution is -0.137. The number of sulfonamides is 1. The van der Waals surface area contributed by atoms with E-state index in [0.29, 0.717) is 32.2 Å². The molecular formula is C17H33NO5S. The number of unbranched alkanes of at least 4 members (excludes halogenated alkanes) is 3. The highest BCUT2D eigenvalue weighted by Gasteiger charge is 2.15. The molecule has 1 atom stereocenters. The quantitative estimate of drug-likeness (QED) is 0.345. The highest BCUT2D eigenvalue weighted by Crippen LogP contribution is 2.10. The Morgan fingerprint density at radius 2 is 1.79 bits per heavy atom. The van der Waals surface area contributed by atoms with Crippen LogP contribution in [-0.2, 0) is 14.8 Å². The van der Waals surface area contributed by atoms with E-state index >= 15 is 0 Å². The van der Waals surface area contributed by atoms with Crippen LogP contribution >= 0.6 is 0 Å². The van der Waals surface area contributed by atoms with Gasteiger partial charge in [-0.05, 0) is 32.1 Å². The van der Waals surface area contributed by atoms with E-state index in [1.165, 1.54) is 10.6 Å². The maximum Gasteiger partial charge on any atom is 0.303 e. The van der Waals surface area contributed by atoms with Crippen molar-refractivity contribution in [1.29, 1.82) is 0 Å². The SMILES string of the molecule is CCCCC[C@@H](O)CCCN(C/C=C\CCCC(=O)O)S(C)(=O)=O. The standard InChI is InChI=1S/C17H33NO5S/c1-3-4-7-11-16(19)12-10-15-18(24(2,22)23)14-9-6-5-8-13-17(20)21/h6,9,16,19H,3-5,7-8,10-15H2,1-2H3,(H,20,21)/b9-6-/t16-/m1/s1. The van der Waals surface area contributed by atoms with E-state index in [2.05, 4.69) is 6.92 Å². The molecule has 2 N–H and O–H groups in total. The molecule has 0 radical (unpaired) electrons. The number of aliphatic hydroxyl groups is 1. The normalized spacial score (nSPS) is 13.7. The minimum atomic E-state index is -3.28. The van der Waals surface area contributed by atoms with Gasteiger partial charge in [-0.3, -0.25) is 4.79 Å². The topological polar surface area (TPSA) is 94.9 Å². The molecule has 0 bridgehead atoms. The average molecular weight is 364 g/mol. The summed E-state index contributed by atoms with van der Waals surface area (Å²) in [7, 11) is -3.28. The third kappa shape index (κ3) is 13.5. The molecule has 0 aromatic heterocycles. The van der Waals surface area contributed by atoms with Gasteiger partial charge < -0.3 is 10.2 Å². The van der Waals surface area contributed by atoms with Crippen LogP contribution in [0.5, 0.6) is 0 Å². The molecule has 0 saturated carbocycles. The van der Waals surface area contributed by atoms with Gasteiger partial charge in [0, 0.05) is 19.5 Å². The molecule has 0 aliphatic rings. The molecule has 0 aliphatic heterocycles. The predicted molar refractivity (Wildman–Crippen MR) is 96.4 cm³/mol. The highest BCUT2D eigenvalue weighted by molar-refractivity contribution is 7.88. The number of allylic oxidation sites excluding steroid dienone is 1. The Balaban J connectivity index is 4.11. The van der Waals surface area contributed by atoms with Crippen LogP contribution in [0.1, 0.15) is 64.7 Å². The smallest absolute Gasteiger partial charge is 0.303 e. The van der Waals surface area contributed by atoms with Crippen molar-refractivity contribution in [1.82, 2.24) is 4.31 Å². The summed E-state index contributed by atoms with van der Waals surface area (Å²) in [6.45, 7) is 2.80. The van der Waals surface area contributed by atoms with Crippen molar-refractivity contribution in [2.45, 2.75) is 70.8 Å². The third-order valence-corrected chi connectivity index (χ3v) is 5.06. The Morgan fingerprint density at radius 1 is 1.12 bits per heavy atom. The van der Waals surface area contributed by atoms with Crippen molar-refractivity contribution in [2.75, 3.05) is 19.3 Å². The van der Waals surface area contributed by atoms with Gasteiger partial charge in [0.2, 0.25) is 10.0 Å². The molecule has 0 saturated heterocycles. The largest absolute Gasteiger partial charge is 0.481 e. The lowest BCUT2D eigenvalue weighted by Crippen LogP contribution is -2.31. The summed E-state index contributed by atoms with van der Waals surface area (Å²) in [6, 6.07) is 0. The first kappa shape index (κ1) is 23.1. The summed E-state index contributed by atoms with van der Waals surface area (Å²) in [6.07, 6.45) is 11.0. The summed E-state index contributed by atoms with van der Waals surface area (Å²) >= 11 is 0. The molecule has 0 spiro atoms. The van der Waals surface area contributed by atoms with E-state index in [1.807, 2.05) is 6.08 Å². The molecule has 0 rings (SSSR count). The Kier molecular flexibility index (Phi) is 12.9. The number of carbonyl (C=O) groups is 1. The van der Waals surface area contributed by atoms with Gasteiger partial charge in [0.1, 0.15) is 0 Å². The summed E-state index contributed by atoms with van der Waals surface area (Å²) < 4.78 is 24.9. The Hall–Kier alpha value is -0.920. The van der Waals surface area contributed by atoms with Crippen LogP contribution in [0.4, 0.5) is 0 Å². The van der Waals surface area contributed by atoms with Crippen LogP contribution in [0.3, 0.4) is 0 Å². The van der Waals surface area contributed by atoms with Crippen molar-refractivity contribution >= 4 is 16.0 Å². The molecule has 0 aliphatic carbocycles. The molecule has 142 valence electrons. The number of hydrogen-bond acceptors (Lipinski definition) is 4. The maximum absolute atomic E-state index is 11.8. The number of aliphatic carboxylic acids is 1. The Labute approximate surface area is 146 Å². The predicted octanol–water partition coefficient (Wildman–Crippen LogP) is 2.78. The monoisotopic (exact) mass is 363 g/mol. The van der Waals surface area contributed by atoms with Crippen molar-refractivity contribution in [3.63, 3.8) is 0 Å². The average Bonchev–Trinajstić information content (AvgIpc) is 2.47. The number of carboxylic acids is 1. The first-order valence-electron chi connectivity index (χ1n) is 8.77. The molecule has 0 fully saturated rings. The molecule has 0 heterocycles. The molecule has 24 heavy (non-hydrogen) atoms. The van der Waals surface area contributed by atoms with Gasteiger partial charge in [-0.25, -0.2) is 8.42 Å². The lowest BCUT2D eigenvalue weighted by atomic mass is 10.1. The number of rotatable bonds is 15. The molecule has 0 aromatic rings. The van der Waals surface area contributed by atoms with Gasteiger partial charge in [-0.2, -0.15) is 4.31 Å². The maximum atomic E-state index is 11.8. The van der Waals surface area contributed by atoms with Gasteiger partial charge in [0.05, 0.1) is 12.4 Å². The number of nitrogens with zero attached hydrogens (tertiary/aromatic N) is 1. The second-order valence-electron chi connectivity index (χ2n) is 6.17. The molecule has 0 aromatic carbocycles. The number of carboxylic acid groups (broad SMARTS) is 1. The van der Waals surface area contributed by atoms with Crippen LogP contribution in [0.15, 0.2) is 12.2 Å². The fourth-order valence-corrected chi connectivity index (χ4v) is 3.17. The summed E-state index contributed by atoms with van der Waals surface area (Å²) in [4.78, 5) is 10.4. The fourth-order valence-electron chi connectivity index (χ4n) is 2.35. The van der Waals surface area contributed by atoms with Gasteiger partial charge >= 0.3 is 5.97 Å². The van der Waals surface area contributed by atoms with Crippen LogP contribution in [-0.4, -0.2) is 54.4 Å². The highest BCUT2D eigenvalue weighted by atomic mass is 32.2. The minimum absolute atomic E-state index is 0.121. The zero-order valence-corrected chi connectivity index (χ0v) is 15.8. The lowest BCUT2D eigenvalue weighted by Gasteiger charge is -2.19. The Morgan fingerprint density at radius 3 is 2.38 bits per heavy atom. The van der Waals surface area contributed by atoms with Crippen LogP contribution in [0, 0.1) is 0 Å². The second-order valence-corrected chi connectivity index (χ2v) is 8.15. The molecule has 0 amide bonds. The van der Waals surface area contributed by atoms with E-state index in [1.54, 1.807) is 6.08 Å². The van der Waals surface area contributed by atoms with Crippen molar-refractivity contribution < 1.29 is 23.4 Å². The van der Waals surface area contributed by atoms with Crippen LogP contribution in [0.2, 0.25) is 0 Å². The van der Waals surface area contributed by atoms with E-state index in [4.69, 9.17) is 5.11 Å². The number of aliphatic hydroxyl groups excluding tert-OH is 1.